The molecule has 0 aromatic heterocycles. The van der Waals surface area contributed by atoms with Crippen molar-refractivity contribution in [3.05, 3.63) is 29.8 Å². The molecule has 2 rings (SSSR count). The highest BCUT2D eigenvalue weighted by molar-refractivity contribution is 7.88. The third-order valence-corrected chi connectivity index (χ3v) is 5.43. The molecule has 24 heavy (non-hydrogen) atoms. The minimum Gasteiger partial charge on any atom is -0.494 e. The summed E-state index contributed by atoms with van der Waals surface area (Å²) in [5.74, 6) is 0.814. The SMILES string of the molecule is Cc1ccc(OCCCC(=O)NC2CCN(S(C)(=O)=O)CC2)cc1. The topological polar surface area (TPSA) is 75.7 Å². The predicted molar refractivity (Wildman–Crippen MR) is 93.5 cm³/mol. The number of sulfonamides is 1. The second kappa shape index (κ2) is 8.48. The van der Waals surface area contributed by atoms with Crippen molar-refractivity contribution < 1.29 is 17.9 Å². The van der Waals surface area contributed by atoms with E-state index in [1.807, 2.05) is 31.2 Å². The second-order valence-electron chi connectivity index (χ2n) is 6.27. The first-order valence-electron chi connectivity index (χ1n) is 8.28. The first-order chi connectivity index (χ1) is 11.3. The van der Waals surface area contributed by atoms with Crippen molar-refractivity contribution in [2.24, 2.45) is 0 Å². The Labute approximate surface area is 144 Å². The number of rotatable bonds is 7. The van der Waals surface area contributed by atoms with Crippen molar-refractivity contribution in [2.75, 3.05) is 26.0 Å². The molecule has 1 amide bonds. The molecular weight excluding hydrogens is 328 g/mol. The molecule has 0 atom stereocenters. The van der Waals surface area contributed by atoms with Crippen LogP contribution in [0.5, 0.6) is 5.75 Å². The summed E-state index contributed by atoms with van der Waals surface area (Å²) < 4.78 is 30.0. The second-order valence-corrected chi connectivity index (χ2v) is 8.25. The molecule has 1 saturated heterocycles. The van der Waals surface area contributed by atoms with Gasteiger partial charge in [-0.15, -0.1) is 0 Å². The average molecular weight is 354 g/mol. The highest BCUT2D eigenvalue weighted by atomic mass is 32.2. The molecule has 0 spiro atoms. The number of hydrogen-bond acceptors (Lipinski definition) is 4. The van der Waals surface area contributed by atoms with Crippen LogP contribution >= 0.6 is 0 Å². The molecule has 0 aliphatic carbocycles. The van der Waals surface area contributed by atoms with Crippen LogP contribution in [0.2, 0.25) is 0 Å². The summed E-state index contributed by atoms with van der Waals surface area (Å²) in [6.07, 6.45) is 3.62. The highest BCUT2D eigenvalue weighted by Gasteiger charge is 2.25. The molecule has 6 nitrogen and oxygen atoms in total. The van der Waals surface area contributed by atoms with Gasteiger partial charge in [-0.2, -0.15) is 0 Å². The number of aryl methyl sites for hydroxylation is 1. The fraction of sp³-hybridized carbons (Fsp3) is 0.588. The first kappa shape index (κ1) is 18.7. The van der Waals surface area contributed by atoms with E-state index >= 15 is 0 Å². The number of carbonyl (C=O) groups is 1. The third-order valence-electron chi connectivity index (χ3n) is 4.13. The van der Waals surface area contributed by atoms with Crippen LogP contribution in [0.15, 0.2) is 24.3 Å². The molecule has 1 aromatic carbocycles. The van der Waals surface area contributed by atoms with Gasteiger partial charge < -0.3 is 10.1 Å². The van der Waals surface area contributed by atoms with Gasteiger partial charge in [-0.3, -0.25) is 4.79 Å². The summed E-state index contributed by atoms with van der Waals surface area (Å²) in [6.45, 7) is 3.47. The maximum atomic E-state index is 11.9. The van der Waals surface area contributed by atoms with Crippen molar-refractivity contribution in [3.63, 3.8) is 0 Å². The molecule has 1 fully saturated rings. The monoisotopic (exact) mass is 354 g/mol. The average Bonchev–Trinajstić information content (AvgIpc) is 2.53. The largest absolute Gasteiger partial charge is 0.494 e. The summed E-state index contributed by atoms with van der Waals surface area (Å²) in [5, 5.41) is 2.98. The van der Waals surface area contributed by atoms with Crippen LogP contribution in [-0.4, -0.2) is 50.6 Å². The first-order valence-corrected chi connectivity index (χ1v) is 10.1. The van der Waals surface area contributed by atoms with E-state index in [1.165, 1.54) is 16.1 Å². The summed E-state index contributed by atoms with van der Waals surface area (Å²) >= 11 is 0. The van der Waals surface area contributed by atoms with Gasteiger partial charge in [0.25, 0.3) is 0 Å². The van der Waals surface area contributed by atoms with Gasteiger partial charge >= 0.3 is 0 Å². The summed E-state index contributed by atoms with van der Waals surface area (Å²) in [5.41, 5.74) is 1.18. The molecule has 134 valence electrons. The lowest BCUT2D eigenvalue weighted by Gasteiger charge is -2.30. The smallest absolute Gasteiger partial charge is 0.220 e. The Bertz CT molecular complexity index is 635. The van der Waals surface area contributed by atoms with Crippen LogP contribution in [0.1, 0.15) is 31.2 Å². The lowest BCUT2D eigenvalue weighted by Crippen LogP contribution is -2.46. The van der Waals surface area contributed by atoms with E-state index in [2.05, 4.69) is 5.32 Å². The Kier molecular flexibility index (Phi) is 6.62. The van der Waals surface area contributed by atoms with Gasteiger partial charge in [-0.25, -0.2) is 12.7 Å². The fourth-order valence-corrected chi connectivity index (χ4v) is 3.56. The molecule has 1 heterocycles. The zero-order chi connectivity index (χ0) is 17.6. The molecule has 1 aliphatic heterocycles. The van der Waals surface area contributed by atoms with Crippen molar-refractivity contribution in [2.45, 2.75) is 38.6 Å². The van der Waals surface area contributed by atoms with E-state index < -0.39 is 10.0 Å². The van der Waals surface area contributed by atoms with E-state index in [-0.39, 0.29) is 11.9 Å². The van der Waals surface area contributed by atoms with Crippen LogP contribution in [0.3, 0.4) is 0 Å². The number of piperidine rings is 1. The summed E-state index contributed by atoms with van der Waals surface area (Å²) in [6, 6.07) is 7.89. The van der Waals surface area contributed by atoms with Gasteiger partial charge in [0.1, 0.15) is 5.75 Å². The van der Waals surface area contributed by atoms with Crippen LogP contribution < -0.4 is 10.1 Å². The van der Waals surface area contributed by atoms with Gasteiger partial charge in [0.15, 0.2) is 0 Å². The Morgan fingerprint density at radius 3 is 2.46 bits per heavy atom. The summed E-state index contributed by atoms with van der Waals surface area (Å²) in [4.78, 5) is 11.9. The zero-order valence-electron chi connectivity index (χ0n) is 14.3. The molecule has 0 radical (unpaired) electrons. The maximum absolute atomic E-state index is 11.9. The molecule has 7 heteroatoms. The lowest BCUT2D eigenvalue weighted by atomic mass is 10.1. The minimum absolute atomic E-state index is 0.000289. The lowest BCUT2D eigenvalue weighted by molar-refractivity contribution is -0.122. The van der Waals surface area contributed by atoms with Crippen LogP contribution in [-0.2, 0) is 14.8 Å². The van der Waals surface area contributed by atoms with Gasteiger partial charge in [-0.1, -0.05) is 17.7 Å². The van der Waals surface area contributed by atoms with Gasteiger partial charge in [0, 0.05) is 25.6 Å². The molecule has 1 aromatic rings. The van der Waals surface area contributed by atoms with E-state index in [0.29, 0.717) is 45.4 Å². The normalized spacial score (nSPS) is 16.8. The van der Waals surface area contributed by atoms with Crippen LogP contribution in [0.25, 0.3) is 0 Å². The molecule has 0 unspecified atom stereocenters. The number of benzene rings is 1. The van der Waals surface area contributed by atoms with E-state index in [4.69, 9.17) is 4.74 Å². The van der Waals surface area contributed by atoms with Crippen molar-refractivity contribution in [1.29, 1.82) is 0 Å². The Balaban J connectivity index is 1.61. The Hall–Kier alpha value is -1.60. The predicted octanol–water partition coefficient (Wildman–Crippen LogP) is 1.69. The van der Waals surface area contributed by atoms with Crippen molar-refractivity contribution in [3.8, 4) is 5.75 Å². The van der Waals surface area contributed by atoms with E-state index in [9.17, 15) is 13.2 Å². The highest BCUT2D eigenvalue weighted by Crippen LogP contribution is 2.14. The third kappa shape index (κ3) is 6.13. The summed E-state index contributed by atoms with van der Waals surface area (Å²) in [7, 11) is -3.12. The Morgan fingerprint density at radius 1 is 1.25 bits per heavy atom. The van der Waals surface area contributed by atoms with Crippen molar-refractivity contribution >= 4 is 15.9 Å². The maximum Gasteiger partial charge on any atom is 0.220 e. The number of ether oxygens (including phenoxy) is 1. The Morgan fingerprint density at radius 2 is 1.88 bits per heavy atom. The number of amides is 1. The zero-order valence-corrected chi connectivity index (χ0v) is 15.1. The van der Waals surface area contributed by atoms with Gasteiger partial charge in [-0.05, 0) is 38.3 Å². The molecular formula is C17H26N2O4S. The molecule has 0 bridgehead atoms. The van der Waals surface area contributed by atoms with E-state index in [1.54, 1.807) is 0 Å². The standard InChI is InChI=1S/C17H26N2O4S/c1-14-5-7-16(8-6-14)23-13-3-4-17(20)18-15-9-11-19(12-10-15)24(2,21)22/h5-8,15H,3-4,9-13H2,1-2H3,(H,18,20). The number of nitrogens with zero attached hydrogens (tertiary/aromatic N) is 1. The number of nitrogens with one attached hydrogen (secondary N) is 1. The van der Waals surface area contributed by atoms with Crippen molar-refractivity contribution in [1.82, 2.24) is 9.62 Å². The van der Waals surface area contributed by atoms with Gasteiger partial charge in [0.05, 0.1) is 12.9 Å². The number of hydrogen-bond donors (Lipinski definition) is 1. The number of carbonyl (C=O) groups excluding carboxylic acids is 1. The fourth-order valence-electron chi connectivity index (χ4n) is 2.69. The van der Waals surface area contributed by atoms with E-state index in [0.717, 1.165) is 5.75 Å². The quantitative estimate of drug-likeness (QED) is 0.756. The van der Waals surface area contributed by atoms with Crippen LogP contribution in [0.4, 0.5) is 0 Å². The van der Waals surface area contributed by atoms with Crippen LogP contribution in [0, 0.1) is 6.92 Å². The van der Waals surface area contributed by atoms with Gasteiger partial charge in [0.2, 0.25) is 15.9 Å². The molecule has 1 N–H and O–H groups in total. The molecule has 1 aliphatic rings. The molecule has 0 saturated carbocycles. The minimum atomic E-state index is -3.12.